The van der Waals surface area contributed by atoms with Crippen molar-refractivity contribution in [2.75, 3.05) is 20.6 Å². The van der Waals surface area contributed by atoms with Gasteiger partial charge in [-0.2, -0.15) is 0 Å². The number of rotatable bonds is 8. The molecule has 0 bridgehead atoms. The zero-order chi connectivity index (χ0) is 15.2. The van der Waals surface area contributed by atoms with Crippen LogP contribution >= 0.6 is 0 Å². The van der Waals surface area contributed by atoms with Crippen molar-refractivity contribution in [2.24, 2.45) is 0 Å². The monoisotopic (exact) mass is 299 g/mol. The lowest BCUT2D eigenvalue weighted by Gasteiger charge is -2.16. The molecule has 0 aromatic heterocycles. The molecule has 20 heavy (non-hydrogen) atoms. The molecule has 1 rings (SSSR count). The smallest absolute Gasteiger partial charge is 0.253 e. The Kier molecular flexibility index (Phi) is 6.61. The molecule has 0 atom stereocenters. The molecule has 0 aliphatic rings. The third-order valence-corrected chi connectivity index (χ3v) is 4.43. The molecular weight excluding hydrogens is 274 g/mol. The molecule has 0 spiro atoms. The molecule has 0 aliphatic carbocycles. The van der Waals surface area contributed by atoms with Gasteiger partial charge >= 0.3 is 0 Å². The summed E-state index contributed by atoms with van der Waals surface area (Å²) in [7, 11) is -0.182. The highest BCUT2D eigenvalue weighted by atomic mass is 32.2. The van der Waals surface area contributed by atoms with Crippen LogP contribution in [0.4, 0.5) is 0 Å². The molecule has 0 aliphatic heterocycles. The lowest BCUT2D eigenvalue weighted by atomic mass is 10.1. The fourth-order valence-electron chi connectivity index (χ4n) is 1.95. The van der Waals surface area contributed by atoms with Crippen molar-refractivity contribution in [1.29, 1.82) is 0 Å². The molecule has 2 N–H and O–H groups in total. The van der Waals surface area contributed by atoms with Crippen molar-refractivity contribution in [2.45, 2.75) is 38.1 Å². The Labute approximate surface area is 122 Å². The first kappa shape index (κ1) is 17.1. The van der Waals surface area contributed by atoms with Crippen LogP contribution in [0.25, 0.3) is 0 Å². The van der Waals surface area contributed by atoms with E-state index < -0.39 is 10.0 Å². The molecule has 5 nitrogen and oxygen atoms in total. The van der Waals surface area contributed by atoms with Gasteiger partial charge in [-0.3, -0.25) is 0 Å². The van der Waals surface area contributed by atoms with Crippen molar-refractivity contribution >= 4 is 10.0 Å². The normalized spacial score (nSPS) is 12.1. The van der Waals surface area contributed by atoms with Crippen LogP contribution in [0.3, 0.4) is 0 Å². The minimum absolute atomic E-state index is 0.365. The Morgan fingerprint density at radius 3 is 2.45 bits per heavy atom. The Balaban J connectivity index is 3.05. The van der Waals surface area contributed by atoms with Crippen molar-refractivity contribution in [3.05, 3.63) is 29.3 Å². The highest BCUT2D eigenvalue weighted by Gasteiger charge is 2.19. The quantitative estimate of drug-likeness (QED) is 0.564. The molecule has 0 saturated carbocycles. The fourth-order valence-corrected chi connectivity index (χ4v) is 3.39. The van der Waals surface area contributed by atoms with Gasteiger partial charge < -0.3 is 5.32 Å². The standard InChI is InChI=1S/C14H25N3O2S/c1-5-9-15-11-12-7-8-13(6-2)14(10-12)20(18,19)16-17(3)4/h7-8,10,15-16H,5-6,9,11H2,1-4H3. The van der Waals surface area contributed by atoms with Crippen LogP contribution in [0.5, 0.6) is 0 Å². The third-order valence-electron chi connectivity index (χ3n) is 2.86. The average molecular weight is 299 g/mol. The van der Waals surface area contributed by atoms with E-state index in [-0.39, 0.29) is 0 Å². The van der Waals surface area contributed by atoms with Gasteiger partial charge in [0.05, 0.1) is 4.90 Å². The largest absolute Gasteiger partial charge is 0.313 e. The predicted molar refractivity (Wildman–Crippen MR) is 81.8 cm³/mol. The number of nitrogens with zero attached hydrogens (tertiary/aromatic N) is 1. The molecule has 114 valence electrons. The second kappa shape index (κ2) is 7.73. The van der Waals surface area contributed by atoms with Crippen LogP contribution in [0.15, 0.2) is 23.1 Å². The Morgan fingerprint density at radius 2 is 1.90 bits per heavy atom. The molecule has 0 unspecified atom stereocenters. The van der Waals surface area contributed by atoms with Gasteiger partial charge in [0.15, 0.2) is 0 Å². The first-order valence-electron chi connectivity index (χ1n) is 6.93. The summed E-state index contributed by atoms with van der Waals surface area (Å²) >= 11 is 0. The van der Waals surface area contributed by atoms with Gasteiger partial charge in [0.1, 0.15) is 0 Å². The molecule has 1 aromatic carbocycles. The second-order valence-corrected chi connectivity index (χ2v) is 6.59. The minimum atomic E-state index is -3.51. The number of hydrogen-bond acceptors (Lipinski definition) is 4. The molecular formula is C14H25N3O2S. The average Bonchev–Trinajstić information content (AvgIpc) is 2.37. The van der Waals surface area contributed by atoms with E-state index in [2.05, 4.69) is 17.1 Å². The summed E-state index contributed by atoms with van der Waals surface area (Å²) in [6.07, 6.45) is 1.74. The maximum absolute atomic E-state index is 12.3. The Hall–Kier alpha value is -0.950. The summed E-state index contributed by atoms with van der Waals surface area (Å²) < 4.78 is 24.7. The lowest BCUT2D eigenvalue weighted by molar-refractivity contribution is 0.364. The van der Waals surface area contributed by atoms with Crippen LogP contribution in [0, 0.1) is 0 Å². The summed E-state index contributed by atoms with van der Waals surface area (Å²) in [5.74, 6) is 0. The van der Waals surface area contributed by atoms with Gasteiger partial charge in [-0.05, 0) is 36.6 Å². The number of benzene rings is 1. The SMILES string of the molecule is CCCNCc1ccc(CC)c(S(=O)(=O)NN(C)C)c1. The van der Waals surface area contributed by atoms with Crippen LogP contribution in [0.1, 0.15) is 31.4 Å². The second-order valence-electron chi connectivity index (χ2n) is 4.96. The van der Waals surface area contributed by atoms with Crippen LogP contribution in [-0.2, 0) is 23.0 Å². The van der Waals surface area contributed by atoms with Crippen LogP contribution in [-0.4, -0.2) is 34.1 Å². The predicted octanol–water partition coefficient (Wildman–Crippen LogP) is 1.50. The van der Waals surface area contributed by atoms with E-state index in [0.29, 0.717) is 17.9 Å². The summed E-state index contributed by atoms with van der Waals surface area (Å²) in [6.45, 7) is 5.67. The Bertz CT molecular complexity index is 527. The minimum Gasteiger partial charge on any atom is -0.313 e. The fraction of sp³-hybridized carbons (Fsp3) is 0.571. The number of hydrazine groups is 1. The maximum atomic E-state index is 12.3. The molecule has 0 radical (unpaired) electrons. The van der Waals surface area contributed by atoms with E-state index in [1.165, 1.54) is 5.01 Å². The van der Waals surface area contributed by atoms with Crippen molar-refractivity contribution in [3.8, 4) is 0 Å². The summed E-state index contributed by atoms with van der Waals surface area (Å²) in [5, 5.41) is 4.72. The van der Waals surface area contributed by atoms with Gasteiger partial charge in [0.25, 0.3) is 10.0 Å². The zero-order valence-electron chi connectivity index (χ0n) is 12.7. The summed E-state index contributed by atoms with van der Waals surface area (Å²) in [5.41, 5.74) is 1.81. The van der Waals surface area contributed by atoms with E-state index >= 15 is 0 Å². The highest BCUT2D eigenvalue weighted by Crippen LogP contribution is 2.18. The molecule has 0 fully saturated rings. The van der Waals surface area contributed by atoms with E-state index in [9.17, 15) is 8.42 Å². The lowest BCUT2D eigenvalue weighted by Crippen LogP contribution is -2.36. The maximum Gasteiger partial charge on any atom is 0.253 e. The van der Waals surface area contributed by atoms with E-state index in [0.717, 1.165) is 24.1 Å². The molecule has 6 heteroatoms. The van der Waals surface area contributed by atoms with Gasteiger partial charge in [-0.1, -0.05) is 26.0 Å². The highest BCUT2D eigenvalue weighted by molar-refractivity contribution is 7.89. The molecule has 1 aromatic rings. The molecule has 0 heterocycles. The number of sulfonamides is 1. The summed E-state index contributed by atoms with van der Waals surface area (Å²) in [6, 6.07) is 5.64. The zero-order valence-corrected chi connectivity index (χ0v) is 13.5. The van der Waals surface area contributed by atoms with E-state index in [4.69, 9.17) is 0 Å². The van der Waals surface area contributed by atoms with Gasteiger partial charge in [-0.15, -0.1) is 4.83 Å². The van der Waals surface area contributed by atoms with Crippen molar-refractivity contribution in [3.63, 3.8) is 0 Å². The molecule has 0 amide bonds. The van der Waals surface area contributed by atoms with E-state index in [1.807, 2.05) is 19.1 Å². The van der Waals surface area contributed by atoms with Crippen molar-refractivity contribution < 1.29 is 8.42 Å². The number of aryl methyl sites for hydroxylation is 1. The van der Waals surface area contributed by atoms with E-state index in [1.54, 1.807) is 20.2 Å². The third kappa shape index (κ3) is 4.86. The van der Waals surface area contributed by atoms with Gasteiger partial charge in [0.2, 0.25) is 0 Å². The molecule has 0 saturated heterocycles. The summed E-state index contributed by atoms with van der Waals surface area (Å²) in [4.78, 5) is 2.86. The van der Waals surface area contributed by atoms with Gasteiger partial charge in [0, 0.05) is 20.6 Å². The first-order valence-corrected chi connectivity index (χ1v) is 8.41. The number of nitrogens with one attached hydrogen (secondary N) is 2. The Morgan fingerprint density at radius 1 is 1.20 bits per heavy atom. The topological polar surface area (TPSA) is 61.4 Å². The van der Waals surface area contributed by atoms with Crippen molar-refractivity contribution in [1.82, 2.24) is 15.2 Å². The number of hydrogen-bond donors (Lipinski definition) is 2. The van der Waals surface area contributed by atoms with Gasteiger partial charge in [-0.25, -0.2) is 13.4 Å². The van der Waals surface area contributed by atoms with Crippen LogP contribution < -0.4 is 10.1 Å². The van der Waals surface area contributed by atoms with Crippen LogP contribution in [0.2, 0.25) is 0 Å². The first-order chi connectivity index (χ1) is 9.40.